The average Bonchev–Trinajstić information content (AvgIpc) is 2.23. The van der Waals surface area contributed by atoms with Crippen LogP contribution in [0.1, 0.15) is 19.4 Å². The Kier molecular flexibility index (Phi) is 5.92. The van der Waals surface area contributed by atoms with Crippen LogP contribution in [0.15, 0.2) is 18.2 Å². The zero-order valence-electron chi connectivity index (χ0n) is 10.2. The lowest BCUT2D eigenvalue weighted by molar-refractivity contribution is 0.576. The van der Waals surface area contributed by atoms with E-state index in [0.29, 0.717) is 17.9 Å². The number of thioether (sulfide) groups is 1. The van der Waals surface area contributed by atoms with Gasteiger partial charge in [0.25, 0.3) is 0 Å². The van der Waals surface area contributed by atoms with Crippen LogP contribution in [0.4, 0.5) is 8.78 Å². The highest BCUT2D eigenvalue weighted by atomic mass is 32.2. The van der Waals surface area contributed by atoms with E-state index in [1.54, 1.807) is 11.8 Å². The van der Waals surface area contributed by atoms with Crippen molar-refractivity contribution in [3.8, 4) is 0 Å². The van der Waals surface area contributed by atoms with Crippen molar-refractivity contribution in [2.75, 3.05) is 11.5 Å². The highest BCUT2D eigenvalue weighted by molar-refractivity contribution is 7.99. The summed E-state index contributed by atoms with van der Waals surface area (Å²) in [4.78, 5) is 0. The first-order chi connectivity index (χ1) is 7.99. The Hall–Kier alpha value is -0.610. The first-order valence-corrected chi connectivity index (χ1v) is 6.91. The summed E-state index contributed by atoms with van der Waals surface area (Å²) in [6, 6.07) is 3.37. The van der Waals surface area contributed by atoms with E-state index in [4.69, 9.17) is 5.73 Å². The zero-order valence-corrected chi connectivity index (χ0v) is 11.1. The Labute approximate surface area is 106 Å². The van der Waals surface area contributed by atoms with Crippen molar-refractivity contribution in [1.82, 2.24) is 0 Å². The molecule has 4 heteroatoms. The fourth-order valence-corrected chi connectivity index (χ4v) is 2.52. The molecule has 0 saturated carbocycles. The minimum absolute atomic E-state index is 0.130. The minimum Gasteiger partial charge on any atom is -0.327 e. The summed E-state index contributed by atoms with van der Waals surface area (Å²) in [7, 11) is 0. The second-order valence-electron chi connectivity index (χ2n) is 4.63. The maximum Gasteiger partial charge on any atom is 0.126 e. The molecule has 1 rings (SSSR count). The van der Waals surface area contributed by atoms with E-state index in [1.807, 2.05) is 0 Å². The van der Waals surface area contributed by atoms with Gasteiger partial charge in [-0.2, -0.15) is 11.8 Å². The molecule has 1 aromatic carbocycles. The molecule has 17 heavy (non-hydrogen) atoms. The predicted molar refractivity (Wildman–Crippen MR) is 70.2 cm³/mol. The second kappa shape index (κ2) is 6.97. The number of hydrogen-bond acceptors (Lipinski definition) is 2. The Morgan fingerprint density at radius 3 is 2.59 bits per heavy atom. The van der Waals surface area contributed by atoms with Gasteiger partial charge in [0.05, 0.1) is 0 Å². The van der Waals surface area contributed by atoms with E-state index in [2.05, 4.69) is 13.8 Å². The van der Waals surface area contributed by atoms with E-state index in [1.165, 1.54) is 6.07 Å². The molecule has 0 fully saturated rings. The largest absolute Gasteiger partial charge is 0.327 e. The van der Waals surface area contributed by atoms with Crippen molar-refractivity contribution in [3.63, 3.8) is 0 Å². The van der Waals surface area contributed by atoms with E-state index in [0.717, 1.165) is 23.6 Å². The molecule has 0 aliphatic rings. The van der Waals surface area contributed by atoms with Gasteiger partial charge in [0.15, 0.2) is 0 Å². The van der Waals surface area contributed by atoms with Crippen molar-refractivity contribution in [1.29, 1.82) is 0 Å². The molecule has 0 spiro atoms. The fraction of sp³-hybridized carbons (Fsp3) is 0.538. The molecule has 0 radical (unpaired) electrons. The fourth-order valence-electron chi connectivity index (χ4n) is 1.50. The van der Waals surface area contributed by atoms with Crippen molar-refractivity contribution < 1.29 is 8.78 Å². The van der Waals surface area contributed by atoms with Gasteiger partial charge in [-0.25, -0.2) is 8.78 Å². The van der Waals surface area contributed by atoms with Crippen LogP contribution in [0.2, 0.25) is 0 Å². The zero-order chi connectivity index (χ0) is 12.8. The monoisotopic (exact) mass is 259 g/mol. The number of halogens is 2. The summed E-state index contributed by atoms with van der Waals surface area (Å²) in [5.41, 5.74) is 6.26. The molecule has 0 aromatic heterocycles. The smallest absolute Gasteiger partial charge is 0.126 e. The van der Waals surface area contributed by atoms with Gasteiger partial charge in [-0.15, -0.1) is 0 Å². The van der Waals surface area contributed by atoms with Gasteiger partial charge < -0.3 is 5.73 Å². The van der Waals surface area contributed by atoms with Crippen LogP contribution in [0, 0.1) is 17.6 Å². The minimum atomic E-state index is -0.413. The van der Waals surface area contributed by atoms with Crippen LogP contribution in [0.3, 0.4) is 0 Å². The molecule has 0 aliphatic heterocycles. The van der Waals surface area contributed by atoms with E-state index < -0.39 is 5.82 Å². The summed E-state index contributed by atoms with van der Waals surface area (Å²) < 4.78 is 26.3. The lowest BCUT2D eigenvalue weighted by atomic mass is 10.1. The molecule has 1 aromatic rings. The Balaban J connectivity index is 2.44. The Bertz CT molecular complexity index is 355. The number of nitrogens with two attached hydrogens (primary N) is 1. The van der Waals surface area contributed by atoms with Crippen LogP contribution in [0.25, 0.3) is 0 Å². The summed E-state index contributed by atoms with van der Waals surface area (Å²) in [6.45, 7) is 4.29. The summed E-state index contributed by atoms with van der Waals surface area (Å²) in [5.74, 6) is 1.64. The number of benzene rings is 1. The van der Waals surface area contributed by atoms with Crippen molar-refractivity contribution in [2.45, 2.75) is 26.3 Å². The SMILES string of the molecule is CC(C)CSCC(N)Cc1cc(F)ccc1F. The maximum atomic E-state index is 13.4. The molecule has 0 aliphatic carbocycles. The maximum absolute atomic E-state index is 13.4. The third kappa shape index (κ3) is 5.50. The molecule has 0 bridgehead atoms. The molecule has 1 nitrogen and oxygen atoms in total. The number of rotatable bonds is 6. The van der Waals surface area contributed by atoms with E-state index in [-0.39, 0.29) is 11.9 Å². The van der Waals surface area contributed by atoms with Crippen LogP contribution in [0.5, 0.6) is 0 Å². The topological polar surface area (TPSA) is 26.0 Å². The van der Waals surface area contributed by atoms with Gasteiger partial charge >= 0.3 is 0 Å². The van der Waals surface area contributed by atoms with Crippen LogP contribution < -0.4 is 5.73 Å². The Morgan fingerprint density at radius 2 is 1.94 bits per heavy atom. The van der Waals surface area contributed by atoms with Gasteiger partial charge in [-0.1, -0.05) is 13.8 Å². The highest BCUT2D eigenvalue weighted by Crippen LogP contribution is 2.14. The van der Waals surface area contributed by atoms with E-state index >= 15 is 0 Å². The number of hydrogen-bond donors (Lipinski definition) is 1. The van der Waals surface area contributed by atoms with Crippen LogP contribution in [-0.4, -0.2) is 17.5 Å². The first-order valence-electron chi connectivity index (χ1n) is 5.76. The lowest BCUT2D eigenvalue weighted by Crippen LogP contribution is -2.26. The molecule has 96 valence electrons. The molecular weight excluding hydrogens is 240 g/mol. The van der Waals surface area contributed by atoms with Crippen molar-refractivity contribution >= 4 is 11.8 Å². The van der Waals surface area contributed by atoms with Gasteiger partial charge in [-0.3, -0.25) is 0 Å². The third-order valence-corrected chi connectivity index (χ3v) is 3.84. The van der Waals surface area contributed by atoms with Crippen LogP contribution in [-0.2, 0) is 6.42 Å². The molecule has 0 amide bonds. The van der Waals surface area contributed by atoms with Gasteiger partial charge in [0, 0.05) is 11.8 Å². The van der Waals surface area contributed by atoms with Crippen LogP contribution >= 0.6 is 11.8 Å². The molecule has 0 heterocycles. The molecule has 2 N–H and O–H groups in total. The second-order valence-corrected chi connectivity index (χ2v) is 5.71. The van der Waals surface area contributed by atoms with Crippen molar-refractivity contribution in [3.05, 3.63) is 35.4 Å². The Morgan fingerprint density at radius 1 is 1.24 bits per heavy atom. The summed E-state index contributed by atoms with van der Waals surface area (Å²) >= 11 is 1.76. The first kappa shape index (κ1) is 14.5. The summed E-state index contributed by atoms with van der Waals surface area (Å²) in [6.07, 6.45) is 0.384. The van der Waals surface area contributed by atoms with Crippen molar-refractivity contribution in [2.24, 2.45) is 11.7 Å². The molecule has 0 saturated heterocycles. The summed E-state index contributed by atoms with van der Waals surface area (Å²) in [5, 5.41) is 0. The predicted octanol–water partition coefficient (Wildman–Crippen LogP) is 3.22. The molecule has 1 unspecified atom stereocenters. The van der Waals surface area contributed by atoms with Gasteiger partial charge in [-0.05, 0) is 41.9 Å². The van der Waals surface area contributed by atoms with Gasteiger partial charge in [0.1, 0.15) is 11.6 Å². The van der Waals surface area contributed by atoms with E-state index in [9.17, 15) is 8.78 Å². The standard InChI is InChI=1S/C13H19F2NS/c1-9(2)7-17-8-12(16)6-10-5-11(14)3-4-13(10)15/h3-5,9,12H,6-8,16H2,1-2H3. The van der Waals surface area contributed by atoms with Gasteiger partial charge in [0.2, 0.25) is 0 Å². The quantitative estimate of drug-likeness (QED) is 0.849. The third-order valence-electron chi connectivity index (χ3n) is 2.27. The lowest BCUT2D eigenvalue weighted by Gasteiger charge is -2.13. The molecule has 1 atom stereocenters. The normalized spacial score (nSPS) is 13.1. The molecular formula is C13H19F2NS. The highest BCUT2D eigenvalue weighted by Gasteiger charge is 2.10. The average molecular weight is 259 g/mol.